The minimum Gasteiger partial charge on any atom is -0.457 e. The van der Waals surface area contributed by atoms with E-state index < -0.39 is 23.2 Å². The summed E-state index contributed by atoms with van der Waals surface area (Å²) < 4.78 is 36.7. The van der Waals surface area contributed by atoms with Crippen molar-refractivity contribution < 1.29 is 22.7 Å². The Bertz CT molecular complexity index is 1020. The summed E-state index contributed by atoms with van der Waals surface area (Å²) >= 11 is 0. The summed E-state index contributed by atoms with van der Waals surface area (Å²) in [7, 11) is 0. The van der Waals surface area contributed by atoms with Gasteiger partial charge in [0.1, 0.15) is 23.8 Å². The third kappa shape index (κ3) is 3.42. The summed E-state index contributed by atoms with van der Waals surface area (Å²) in [5.74, 6) is -2.63. The van der Waals surface area contributed by atoms with Crippen molar-refractivity contribution in [3.8, 4) is 0 Å². The fraction of sp³-hybridized carbons (Fsp3) is 0.158. The molecule has 4 nitrogen and oxygen atoms in total. The van der Waals surface area contributed by atoms with Gasteiger partial charge in [0.2, 0.25) is 0 Å². The van der Waals surface area contributed by atoms with Crippen molar-refractivity contribution in [1.82, 2.24) is 0 Å². The fourth-order valence-corrected chi connectivity index (χ4v) is 2.54. The van der Waals surface area contributed by atoms with E-state index in [9.17, 15) is 18.4 Å². The molecule has 6 heteroatoms. The Morgan fingerprint density at radius 2 is 1.76 bits per heavy atom. The van der Waals surface area contributed by atoms with Gasteiger partial charge in [0.05, 0.1) is 5.56 Å². The Hall–Kier alpha value is -3.02. The highest BCUT2D eigenvalue weighted by atomic mass is 19.1. The molecule has 0 aliphatic rings. The summed E-state index contributed by atoms with van der Waals surface area (Å²) in [5, 5.41) is 0.640. The molecule has 0 aliphatic carbocycles. The molecule has 128 valence electrons. The van der Waals surface area contributed by atoms with Crippen molar-refractivity contribution in [2.75, 3.05) is 0 Å². The Morgan fingerprint density at radius 1 is 1.08 bits per heavy atom. The van der Waals surface area contributed by atoms with Crippen LogP contribution in [0.2, 0.25) is 0 Å². The quantitative estimate of drug-likeness (QED) is 0.531. The molecule has 0 N–H and O–H groups in total. The average molecular weight is 344 g/mol. The van der Waals surface area contributed by atoms with Gasteiger partial charge in [-0.25, -0.2) is 18.4 Å². The zero-order valence-corrected chi connectivity index (χ0v) is 13.6. The maximum absolute atomic E-state index is 13.2. The summed E-state index contributed by atoms with van der Waals surface area (Å²) in [4.78, 5) is 23.8. The zero-order chi connectivity index (χ0) is 18.1. The van der Waals surface area contributed by atoms with Crippen LogP contribution in [0.25, 0.3) is 11.0 Å². The minimum absolute atomic E-state index is 0.221. The standard InChI is InChI=1S/C19H14F2O4/c1-10-3-4-16-13(7-17(22)25-18(16)11(10)2)9-24-19(23)12-5-14(20)8-15(21)6-12/h3-8H,9H2,1-2H3. The van der Waals surface area contributed by atoms with E-state index >= 15 is 0 Å². The second-order valence-corrected chi connectivity index (χ2v) is 5.71. The molecule has 0 aliphatic heterocycles. The molecule has 0 unspecified atom stereocenters. The van der Waals surface area contributed by atoms with E-state index in [1.165, 1.54) is 6.07 Å². The summed E-state index contributed by atoms with van der Waals surface area (Å²) in [6, 6.07) is 7.30. The molecular formula is C19H14F2O4. The van der Waals surface area contributed by atoms with Gasteiger partial charge in [-0.3, -0.25) is 0 Å². The normalized spacial score (nSPS) is 10.9. The molecule has 1 heterocycles. The Labute approximate surface area is 141 Å². The van der Waals surface area contributed by atoms with Crippen LogP contribution >= 0.6 is 0 Å². The van der Waals surface area contributed by atoms with Gasteiger partial charge in [-0.1, -0.05) is 12.1 Å². The number of rotatable bonds is 3. The van der Waals surface area contributed by atoms with Crippen molar-refractivity contribution in [3.63, 3.8) is 0 Å². The van der Waals surface area contributed by atoms with E-state index in [1.54, 1.807) is 6.07 Å². The van der Waals surface area contributed by atoms with Gasteiger partial charge in [-0.2, -0.15) is 0 Å². The maximum Gasteiger partial charge on any atom is 0.338 e. The van der Waals surface area contributed by atoms with E-state index in [-0.39, 0.29) is 12.2 Å². The van der Waals surface area contributed by atoms with Crippen molar-refractivity contribution in [2.45, 2.75) is 20.5 Å². The number of aryl methyl sites for hydroxylation is 2. The molecule has 3 rings (SSSR count). The molecule has 0 spiro atoms. The van der Waals surface area contributed by atoms with Crippen molar-refractivity contribution in [2.24, 2.45) is 0 Å². The second-order valence-electron chi connectivity index (χ2n) is 5.71. The first kappa shape index (κ1) is 16.8. The highest BCUT2D eigenvalue weighted by Gasteiger charge is 2.14. The van der Waals surface area contributed by atoms with Gasteiger partial charge in [-0.15, -0.1) is 0 Å². The SMILES string of the molecule is Cc1ccc2c(COC(=O)c3cc(F)cc(F)c3)cc(=O)oc2c1C. The molecule has 0 saturated heterocycles. The number of hydrogen-bond acceptors (Lipinski definition) is 4. The molecule has 0 radical (unpaired) electrons. The largest absolute Gasteiger partial charge is 0.457 e. The Kier molecular flexibility index (Phi) is 4.35. The van der Waals surface area contributed by atoms with Crippen molar-refractivity contribution >= 4 is 16.9 Å². The first-order chi connectivity index (χ1) is 11.8. The molecule has 0 fully saturated rings. The number of hydrogen-bond donors (Lipinski definition) is 0. The zero-order valence-electron chi connectivity index (χ0n) is 13.6. The average Bonchev–Trinajstić information content (AvgIpc) is 2.55. The van der Waals surface area contributed by atoms with Gasteiger partial charge in [0.25, 0.3) is 0 Å². The molecule has 1 aromatic heterocycles. The topological polar surface area (TPSA) is 56.5 Å². The summed E-state index contributed by atoms with van der Waals surface area (Å²) in [6.45, 7) is 3.49. The molecule has 2 aromatic carbocycles. The van der Waals surface area contributed by atoms with Crippen LogP contribution in [0.5, 0.6) is 0 Å². The van der Waals surface area contributed by atoms with Crippen molar-refractivity contribution in [3.05, 3.63) is 80.7 Å². The Balaban J connectivity index is 1.92. The molecule has 3 aromatic rings. The molecule has 0 amide bonds. The lowest BCUT2D eigenvalue weighted by Gasteiger charge is -2.10. The molecule has 0 atom stereocenters. The van der Waals surface area contributed by atoms with Gasteiger partial charge in [0.15, 0.2) is 0 Å². The van der Waals surface area contributed by atoms with Crippen LogP contribution in [-0.4, -0.2) is 5.97 Å². The highest BCUT2D eigenvalue weighted by Crippen LogP contribution is 2.24. The molecular weight excluding hydrogens is 330 g/mol. The number of esters is 1. The van der Waals surface area contributed by atoms with Crippen LogP contribution in [0.1, 0.15) is 27.0 Å². The number of benzene rings is 2. The lowest BCUT2D eigenvalue weighted by atomic mass is 10.0. The van der Waals surface area contributed by atoms with Crippen LogP contribution in [-0.2, 0) is 11.3 Å². The first-order valence-corrected chi connectivity index (χ1v) is 7.51. The molecule has 0 saturated carbocycles. The van der Waals surface area contributed by atoms with E-state index in [1.807, 2.05) is 19.9 Å². The van der Waals surface area contributed by atoms with Gasteiger partial charge >= 0.3 is 11.6 Å². The smallest absolute Gasteiger partial charge is 0.338 e. The number of halogens is 2. The predicted octanol–water partition coefficient (Wildman–Crippen LogP) is 4.05. The van der Waals surface area contributed by atoms with E-state index in [0.717, 1.165) is 23.3 Å². The third-order valence-electron chi connectivity index (χ3n) is 3.97. The lowest BCUT2D eigenvalue weighted by molar-refractivity contribution is 0.0472. The number of carbonyl (C=O) groups is 1. The number of carbonyl (C=O) groups excluding carboxylic acids is 1. The predicted molar refractivity (Wildman–Crippen MR) is 87.4 cm³/mol. The summed E-state index contributed by atoms with van der Waals surface area (Å²) in [6.07, 6.45) is 0. The van der Waals surface area contributed by atoms with E-state index in [2.05, 4.69) is 0 Å². The number of fused-ring (bicyclic) bond motifs is 1. The first-order valence-electron chi connectivity index (χ1n) is 7.51. The Morgan fingerprint density at radius 3 is 2.44 bits per heavy atom. The van der Waals surface area contributed by atoms with E-state index in [0.29, 0.717) is 22.6 Å². The number of ether oxygens (including phenoxy) is 1. The van der Waals surface area contributed by atoms with Gasteiger partial charge in [0, 0.05) is 23.1 Å². The van der Waals surface area contributed by atoms with Crippen LogP contribution in [0.15, 0.2) is 45.6 Å². The monoisotopic (exact) mass is 344 g/mol. The lowest BCUT2D eigenvalue weighted by Crippen LogP contribution is -2.09. The van der Waals surface area contributed by atoms with Crippen LogP contribution in [0.4, 0.5) is 8.78 Å². The maximum atomic E-state index is 13.2. The molecule has 25 heavy (non-hydrogen) atoms. The van der Waals surface area contributed by atoms with Crippen LogP contribution in [0.3, 0.4) is 0 Å². The summed E-state index contributed by atoms with van der Waals surface area (Å²) in [5.41, 5.74) is 1.85. The molecule has 0 bridgehead atoms. The fourth-order valence-electron chi connectivity index (χ4n) is 2.54. The minimum atomic E-state index is -0.886. The van der Waals surface area contributed by atoms with Crippen LogP contribution in [0, 0.1) is 25.5 Å². The van der Waals surface area contributed by atoms with Crippen molar-refractivity contribution in [1.29, 1.82) is 0 Å². The third-order valence-corrected chi connectivity index (χ3v) is 3.97. The highest BCUT2D eigenvalue weighted by molar-refractivity contribution is 5.90. The van der Waals surface area contributed by atoms with Crippen LogP contribution < -0.4 is 5.63 Å². The van der Waals surface area contributed by atoms with Gasteiger partial charge < -0.3 is 9.15 Å². The second kappa shape index (κ2) is 6.47. The van der Waals surface area contributed by atoms with Gasteiger partial charge in [-0.05, 0) is 37.1 Å². The van der Waals surface area contributed by atoms with E-state index in [4.69, 9.17) is 9.15 Å².